The van der Waals surface area contributed by atoms with E-state index in [-0.39, 0.29) is 0 Å². The van der Waals surface area contributed by atoms with E-state index in [0.717, 1.165) is 30.2 Å². The summed E-state index contributed by atoms with van der Waals surface area (Å²) in [6.45, 7) is 3.05. The molecule has 0 fully saturated rings. The molecule has 2 aromatic rings. The standard InChI is InChI=1S/C13H16N4/c1-9-15-16-13(17(9)2)11-5-6-12-10(8-11)4-3-7-14-12/h5-6,8,14H,3-4,7H2,1-2H3. The molecule has 88 valence electrons. The topological polar surface area (TPSA) is 42.7 Å². The van der Waals surface area contributed by atoms with Gasteiger partial charge in [-0.25, -0.2) is 0 Å². The van der Waals surface area contributed by atoms with Gasteiger partial charge in [0.05, 0.1) is 0 Å². The van der Waals surface area contributed by atoms with Gasteiger partial charge in [0.25, 0.3) is 0 Å². The molecule has 0 atom stereocenters. The second kappa shape index (κ2) is 3.87. The number of nitrogens with zero attached hydrogens (tertiary/aromatic N) is 3. The van der Waals surface area contributed by atoms with Gasteiger partial charge in [-0.05, 0) is 43.5 Å². The van der Waals surface area contributed by atoms with Crippen LogP contribution in [0.4, 0.5) is 5.69 Å². The van der Waals surface area contributed by atoms with Crippen LogP contribution in [0.1, 0.15) is 17.8 Å². The fourth-order valence-corrected chi connectivity index (χ4v) is 2.27. The van der Waals surface area contributed by atoms with Crippen LogP contribution in [0.2, 0.25) is 0 Å². The number of hydrogen-bond acceptors (Lipinski definition) is 3. The van der Waals surface area contributed by atoms with Crippen molar-refractivity contribution in [2.45, 2.75) is 19.8 Å². The number of aryl methyl sites for hydroxylation is 2. The largest absolute Gasteiger partial charge is 0.385 e. The van der Waals surface area contributed by atoms with E-state index in [9.17, 15) is 0 Å². The SMILES string of the molecule is Cc1nnc(-c2ccc3c(c2)CCCN3)n1C. The van der Waals surface area contributed by atoms with Gasteiger partial charge in [0.1, 0.15) is 5.82 Å². The summed E-state index contributed by atoms with van der Waals surface area (Å²) in [5.41, 5.74) is 3.80. The third kappa shape index (κ3) is 1.69. The highest BCUT2D eigenvalue weighted by atomic mass is 15.3. The minimum atomic E-state index is 0.941. The lowest BCUT2D eigenvalue weighted by molar-refractivity contribution is 0.829. The van der Waals surface area contributed by atoms with Crippen LogP contribution in [-0.4, -0.2) is 21.3 Å². The Morgan fingerprint density at radius 3 is 2.94 bits per heavy atom. The van der Waals surface area contributed by atoms with Crippen molar-refractivity contribution in [1.29, 1.82) is 0 Å². The Hall–Kier alpha value is -1.84. The van der Waals surface area contributed by atoms with E-state index in [4.69, 9.17) is 0 Å². The molecule has 3 rings (SSSR count). The third-order valence-corrected chi connectivity index (χ3v) is 3.39. The maximum absolute atomic E-state index is 4.23. The monoisotopic (exact) mass is 228 g/mol. The summed E-state index contributed by atoms with van der Waals surface area (Å²) in [6.07, 6.45) is 2.35. The molecule has 0 amide bonds. The van der Waals surface area contributed by atoms with Crippen LogP contribution in [0, 0.1) is 6.92 Å². The molecule has 0 aliphatic carbocycles. The summed E-state index contributed by atoms with van der Waals surface area (Å²) in [6, 6.07) is 6.49. The molecule has 1 aliphatic heterocycles. The Bertz CT molecular complexity index is 557. The molecule has 1 aromatic heterocycles. The van der Waals surface area contributed by atoms with E-state index in [0.29, 0.717) is 0 Å². The maximum Gasteiger partial charge on any atom is 0.163 e. The summed E-state index contributed by atoms with van der Waals surface area (Å²) in [5, 5.41) is 11.7. The first-order valence-corrected chi connectivity index (χ1v) is 5.99. The first kappa shape index (κ1) is 10.3. The molecule has 4 heteroatoms. The predicted octanol–water partition coefficient (Wildman–Crippen LogP) is 2.15. The lowest BCUT2D eigenvalue weighted by atomic mass is 10.0. The highest BCUT2D eigenvalue weighted by Crippen LogP contribution is 2.27. The van der Waals surface area contributed by atoms with Gasteiger partial charge in [-0.15, -0.1) is 10.2 Å². The number of aromatic nitrogens is 3. The number of rotatable bonds is 1. The Balaban J connectivity index is 2.07. The van der Waals surface area contributed by atoms with E-state index in [2.05, 4.69) is 33.7 Å². The zero-order valence-electron chi connectivity index (χ0n) is 10.2. The van der Waals surface area contributed by atoms with Crippen LogP contribution < -0.4 is 5.32 Å². The molecule has 0 spiro atoms. The molecule has 0 saturated carbocycles. The lowest BCUT2D eigenvalue weighted by Crippen LogP contribution is -2.11. The number of anilines is 1. The van der Waals surface area contributed by atoms with Crippen molar-refractivity contribution in [3.63, 3.8) is 0 Å². The Morgan fingerprint density at radius 2 is 2.18 bits per heavy atom. The first-order valence-electron chi connectivity index (χ1n) is 5.99. The third-order valence-electron chi connectivity index (χ3n) is 3.39. The lowest BCUT2D eigenvalue weighted by Gasteiger charge is -2.18. The van der Waals surface area contributed by atoms with Gasteiger partial charge in [0.2, 0.25) is 0 Å². The second-order valence-electron chi connectivity index (χ2n) is 4.53. The van der Waals surface area contributed by atoms with Crippen LogP contribution in [0.25, 0.3) is 11.4 Å². The van der Waals surface area contributed by atoms with Crippen LogP contribution in [0.5, 0.6) is 0 Å². The molecule has 1 aliphatic rings. The molecule has 0 saturated heterocycles. The Morgan fingerprint density at radius 1 is 1.29 bits per heavy atom. The smallest absolute Gasteiger partial charge is 0.163 e. The van der Waals surface area contributed by atoms with Crippen molar-refractivity contribution in [2.75, 3.05) is 11.9 Å². The quantitative estimate of drug-likeness (QED) is 0.813. The summed E-state index contributed by atoms with van der Waals surface area (Å²) < 4.78 is 2.03. The molecule has 0 bridgehead atoms. The van der Waals surface area contributed by atoms with Gasteiger partial charge in [-0.1, -0.05) is 0 Å². The normalized spacial score (nSPS) is 14.2. The summed E-state index contributed by atoms with van der Waals surface area (Å²) in [5.74, 6) is 1.88. The highest BCUT2D eigenvalue weighted by molar-refractivity contribution is 5.64. The van der Waals surface area contributed by atoms with Crippen LogP contribution in [-0.2, 0) is 13.5 Å². The average molecular weight is 228 g/mol. The van der Waals surface area contributed by atoms with E-state index in [1.54, 1.807) is 0 Å². The molecule has 0 radical (unpaired) electrons. The van der Waals surface area contributed by atoms with Crippen molar-refractivity contribution in [2.24, 2.45) is 7.05 Å². The minimum Gasteiger partial charge on any atom is -0.385 e. The molecule has 1 N–H and O–H groups in total. The van der Waals surface area contributed by atoms with Crippen LogP contribution in [0.15, 0.2) is 18.2 Å². The number of hydrogen-bond donors (Lipinski definition) is 1. The highest BCUT2D eigenvalue weighted by Gasteiger charge is 2.12. The van der Waals surface area contributed by atoms with Crippen molar-refractivity contribution in [1.82, 2.24) is 14.8 Å². The zero-order valence-corrected chi connectivity index (χ0v) is 10.2. The molecule has 4 nitrogen and oxygen atoms in total. The van der Waals surface area contributed by atoms with Gasteiger partial charge in [0, 0.05) is 24.8 Å². The summed E-state index contributed by atoms with van der Waals surface area (Å²) in [4.78, 5) is 0. The Labute approximate surface area is 101 Å². The summed E-state index contributed by atoms with van der Waals surface area (Å²) in [7, 11) is 2.00. The predicted molar refractivity (Wildman–Crippen MR) is 68.0 cm³/mol. The number of nitrogens with one attached hydrogen (secondary N) is 1. The van der Waals surface area contributed by atoms with Crippen LogP contribution >= 0.6 is 0 Å². The molecular weight excluding hydrogens is 212 g/mol. The van der Waals surface area contributed by atoms with E-state index < -0.39 is 0 Å². The Kier molecular flexibility index (Phi) is 2.35. The summed E-state index contributed by atoms with van der Waals surface area (Å²) >= 11 is 0. The average Bonchev–Trinajstić information content (AvgIpc) is 2.70. The van der Waals surface area contributed by atoms with Gasteiger partial charge >= 0.3 is 0 Å². The van der Waals surface area contributed by atoms with Gasteiger partial charge in [-0.2, -0.15) is 0 Å². The van der Waals surface area contributed by atoms with Crippen LogP contribution in [0.3, 0.4) is 0 Å². The minimum absolute atomic E-state index is 0.941. The maximum atomic E-state index is 4.23. The van der Waals surface area contributed by atoms with Gasteiger partial charge in [0.15, 0.2) is 5.82 Å². The van der Waals surface area contributed by atoms with Crippen molar-refractivity contribution in [3.8, 4) is 11.4 Å². The second-order valence-corrected chi connectivity index (χ2v) is 4.53. The van der Waals surface area contributed by atoms with E-state index >= 15 is 0 Å². The van der Waals surface area contributed by atoms with Crippen molar-refractivity contribution < 1.29 is 0 Å². The molecule has 1 aromatic carbocycles. The van der Waals surface area contributed by atoms with Gasteiger partial charge in [-0.3, -0.25) is 0 Å². The van der Waals surface area contributed by atoms with E-state index in [1.807, 2.05) is 18.5 Å². The first-order chi connectivity index (χ1) is 8.25. The van der Waals surface area contributed by atoms with Gasteiger partial charge < -0.3 is 9.88 Å². The number of fused-ring (bicyclic) bond motifs is 1. The molecule has 0 unspecified atom stereocenters. The fraction of sp³-hybridized carbons (Fsp3) is 0.385. The molecule has 2 heterocycles. The molecular formula is C13H16N4. The van der Waals surface area contributed by atoms with Crippen molar-refractivity contribution in [3.05, 3.63) is 29.6 Å². The van der Waals surface area contributed by atoms with Crippen molar-refractivity contribution >= 4 is 5.69 Å². The number of benzene rings is 1. The molecule has 17 heavy (non-hydrogen) atoms. The zero-order chi connectivity index (χ0) is 11.8. The fourth-order valence-electron chi connectivity index (χ4n) is 2.27. The van der Waals surface area contributed by atoms with E-state index in [1.165, 1.54) is 17.7 Å².